The third-order valence-electron chi connectivity index (χ3n) is 2.47. The maximum absolute atomic E-state index is 11.7. The summed E-state index contributed by atoms with van der Waals surface area (Å²) >= 11 is 0. The fourth-order valence-corrected chi connectivity index (χ4v) is 1.61. The van der Waals surface area contributed by atoms with Gasteiger partial charge in [0.15, 0.2) is 0 Å². The highest BCUT2D eigenvalue weighted by molar-refractivity contribution is 5.41. The molecule has 0 atom stereocenters. The molecular formula is C14H13O-. The second-order valence-corrected chi connectivity index (χ2v) is 3.58. The molecule has 0 saturated carbocycles. The Morgan fingerprint density at radius 1 is 1.00 bits per heavy atom. The molecule has 0 radical (unpaired) electrons. The molecule has 1 aromatic carbocycles. The summed E-state index contributed by atoms with van der Waals surface area (Å²) in [4.78, 5) is 0. The summed E-state index contributed by atoms with van der Waals surface area (Å²) in [6.45, 7) is 0. The summed E-state index contributed by atoms with van der Waals surface area (Å²) in [5.74, 6) is 0.226. The topological polar surface area (TPSA) is 23.1 Å². The molecular weight excluding hydrogens is 184 g/mol. The lowest BCUT2D eigenvalue weighted by Crippen LogP contribution is -2.07. The van der Waals surface area contributed by atoms with E-state index in [-0.39, 0.29) is 5.76 Å². The van der Waals surface area contributed by atoms with Crippen LogP contribution in [-0.4, -0.2) is 0 Å². The van der Waals surface area contributed by atoms with Gasteiger partial charge in [0.1, 0.15) is 0 Å². The minimum atomic E-state index is 0.226. The van der Waals surface area contributed by atoms with Crippen LogP contribution in [0.15, 0.2) is 66.0 Å². The van der Waals surface area contributed by atoms with Crippen LogP contribution in [0.1, 0.15) is 12.0 Å². The summed E-state index contributed by atoms with van der Waals surface area (Å²) < 4.78 is 0. The smallest absolute Gasteiger partial charge is 0.0250 e. The average Bonchev–Trinajstić information content (AvgIpc) is 2.81. The Labute approximate surface area is 90.1 Å². The molecule has 1 aromatic rings. The predicted molar refractivity (Wildman–Crippen MR) is 60.1 cm³/mol. The Bertz CT molecular complexity index is 396. The van der Waals surface area contributed by atoms with Gasteiger partial charge in [-0.15, -0.1) is 5.76 Å². The average molecular weight is 197 g/mol. The van der Waals surface area contributed by atoms with Crippen molar-refractivity contribution in [3.8, 4) is 0 Å². The molecule has 0 bridgehead atoms. The van der Waals surface area contributed by atoms with Crippen molar-refractivity contribution in [1.29, 1.82) is 0 Å². The molecule has 1 aliphatic rings. The maximum Gasteiger partial charge on any atom is -0.0250 e. The van der Waals surface area contributed by atoms with Crippen molar-refractivity contribution in [3.05, 3.63) is 71.5 Å². The van der Waals surface area contributed by atoms with Crippen molar-refractivity contribution in [2.24, 2.45) is 0 Å². The first-order chi connectivity index (χ1) is 7.36. The van der Waals surface area contributed by atoms with E-state index in [0.29, 0.717) is 6.42 Å². The van der Waals surface area contributed by atoms with Crippen molar-refractivity contribution in [1.82, 2.24) is 0 Å². The van der Waals surface area contributed by atoms with Crippen molar-refractivity contribution in [3.63, 3.8) is 0 Å². The lowest BCUT2D eigenvalue weighted by Gasteiger charge is -2.14. The first-order valence-electron chi connectivity index (χ1n) is 5.15. The van der Waals surface area contributed by atoms with E-state index in [2.05, 4.69) is 12.1 Å². The molecule has 0 saturated heterocycles. The van der Waals surface area contributed by atoms with Gasteiger partial charge in [0.05, 0.1) is 0 Å². The fourth-order valence-electron chi connectivity index (χ4n) is 1.61. The van der Waals surface area contributed by atoms with Gasteiger partial charge < -0.3 is 5.11 Å². The van der Waals surface area contributed by atoms with E-state index in [1.165, 1.54) is 5.56 Å². The quantitative estimate of drug-likeness (QED) is 0.682. The standard InChI is InChI=1S/C14H14O/c15-14(13-8-4-5-9-13)11-10-12-6-2-1-3-7-12/h1-9,15H,10-11H2/p-1. The third-order valence-corrected chi connectivity index (χ3v) is 2.47. The minimum Gasteiger partial charge on any atom is -0.875 e. The maximum atomic E-state index is 11.7. The molecule has 0 aliphatic heterocycles. The third kappa shape index (κ3) is 2.59. The monoisotopic (exact) mass is 197 g/mol. The number of benzene rings is 1. The van der Waals surface area contributed by atoms with Crippen molar-refractivity contribution < 1.29 is 5.11 Å². The number of aryl methyl sites for hydroxylation is 1. The highest BCUT2D eigenvalue weighted by Crippen LogP contribution is 2.14. The number of hydrogen-bond acceptors (Lipinski definition) is 1. The molecule has 0 aromatic heterocycles. The molecule has 0 spiro atoms. The predicted octanol–water partition coefficient (Wildman–Crippen LogP) is 2.36. The SMILES string of the molecule is [O-]C(CCc1ccccc1)=C1C=CC=C1. The van der Waals surface area contributed by atoms with E-state index < -0.39 is 0 Å². The van der Waals surface area contributed by atoms with E-state index >= 15 is 0 Å². The molecule has 0 fully saturated rings. The normalized spacial score (nSPS) is 13.5. The lowest BCUT2D eigenvalue weighted by molar-refractivity contribution is -0.307. The lowest BCUT2D eigenvalue weighted by atomic mass is 10.1. The van der Waals surface area contributed by atoms with Gasteiger partial charge in [0.25, 0.3) is 0 Å². The zero-order valence-corrected chi connectivity index (χ0v) is 8.52. The molecule has 0 amide bonds. The molecule has 1 nitrogen and oxygen atoms in total. The number of allylic oxidation sites excluding steroid dienone is 6. The van der Waals surface area contributed by atoms with Crippen molar-refractivity contribution in [2.75, 3.05) is 0 Å². The van der Waals surface area contributed by atoms with Crippen molar-refractivity contribution >= 4 is 0 Å². The highest BCUT2D eigenvalue weighted by Gasteiger charge is 1.96. The van der Waals surface area contributed by atoms with Gasteiger partial charge >= 0.3 is 0 Å². The Morgan fingerprint density at radius 2 is 1.67 bits per heavy atom. The number of hydrogen-bond donors (Lipinski definition) is 0. The van der Waals surface area contributed by atoms with Crippen LogP contribution in [0.25, 0.3) is 0 Å². The molecule has 0 unspecified atom stereocenters. The molecule has 1 heteroatoms. The second kappa shape index (κ2) is 4.65. The summed E-state index contributed by atoms with van der Waals surface area (Å²) in [6, 6.07) is 10.1. The van der Waals surface area contributed by atoms with E-state index in [4.69, 9.17) is 0 Å². The Morgan fingerprint density at radius 3 is 2.33 bits per heavy atom. The van der Waals surface area contributed by atoms with E-state index in [1.54, 1.807) is 0 Å². The van der Waals surface area contributed by atoms with Crippen LogP contribution in [0.5, 0.6) is 0 Å². The molecule has 2 rings (SSSR count). The van der Waals surface area contributed by atoms with Crippen LogP contribution in [0, 0.1) is 0 Å². The van der Waals surface area contributed by atoms with Crippen LogP contribution >= 0.6 is 0 Å². The highest BCUT2D eigenvalue weighted by atomic mass is 16.3. The first-order valence-corrected chi connectivity index (χ1v) is 5.15. The van der Waals surface area contributed by atoms with E-state index in [9.17, 15) is 5.11 Å². The van der Waals surface area contributed by atoms with Crippen molar-refractivity contribution in [2.45, 2.75) is 12.8 Å². The summed E-state index contributed by atoms with van der Waals surface area (Å²) in [6.07, 6.45) is 8.95. The largest absolute Gasteiger partial charge is 0.875 e. The van der Waals surface area contributed by atoms with Crippen LogP contribution in [0.4, 0.5) is 0 Å². The van der Waals surface area contributed by atoms with Gasteiger partial charge in [-0.05, 0) is 24.0 Å². The van der Waals surface area contributed by atoms with Gasteiger partial charge in [-0.1, -0.05) is 54.6 Å². The first kappa shape index (κ1) is 9.78. The van der Waals surface area contributed by atoms with Gasteiger partial charge in [-0.3, -0.25) is 0 Å². The molecule has 0 N–H and O–H groups in total. The fraction of sp³-hybridized carbons (Fsp3) is 0.143. The van der Waals surface area contributed by atoms with Crippen LogP contribution in [-0.2, 0) is 6.42 Å². The molecule has 0 heterocycles. The minimum absolute atomic E-state index is 0.226. The summed E-state index contributed by atoms with van der Waals surface area (Å²) in [5, 5.41) is 11.7. The summed E-state index contributed by atoms with van der Waals surface area (Å²) in [7, 11) is 0. The van der Waals surface area contributed by atoms with Gasteiger partial charge in [-0.25, -0.2) is 0 Å². The van der Waals surface area contributed by atoms with Crippen LogP contribution in [0.2, 0.25) is 0 Å². The zero-order valence-electron chi connectivity index (χ0n) is 8.52. The number of rotatable bonds is 3. The molecule has 76 valence electrons. The second-order valence-electron chi connectivity index (χ2n) is 3.58. The van der Waals surface area contributed by atoms with Gasteiger partial charge in [0, 0.05) is 0 Å². The Balaban J connectivity index is 1.97. The van der Waals surface area contributed by atoms with Gasteiger partial charge in [0.2, 0.25) is 0 Å². The van der Waals surface area contributed by atoms with E-state index in [0.717, 1.165) is 12.0 Å². The Kier molecular flexibility index (Phi) is 3.03. The molecule has 1 aliphatic carbocycles. The van der Waals surface area contributed by atoms with Crippen LogP contribution in [0.3, 0.4) is 0 Å². The van der Waals surface area contributed by atoms with E-state index in [1.807, 2.05) is 42.5 Å². The Hall–Kier alpha value is -1.76. The van der Waals surface area contributed by atoms with Gasteiger partial charge in [-0.2, -0.15) is 0 Å². The van der Waals surface area contributed by atoms with Crippen LogP contribution < -0.4 is 5.11 Å². The zero-order chi connectivity index (χ0) is 10.5. The molecule has 15 heavy (non-hydrogen) atoms. The summed E-state index contributed by atoms with van der Waals surface area (Å²) in [5.41, 5.74) is 2.04.